The van der Waals surface area contributed by atoms with E-state index in [2.05, 4.69) is 14.8 Å². The molecule has 2 heterocycles. The molecule has 0 bridgehead atoms. The van der Waals surface area contributed by atoms with Crippen LogP contribution in [-0.4, -0.2) is 26.9 Å². The molecule has 0 radical (unpaired) electrons. The zero-order chi connectivity index (χ0) is 13.8. The summed E-state index contributed by atoms with van der Waals surface area (Å²) in [6.45, 7) is 2.22. The second-order valence-corrected chi connectivity index (χ2v) is 6.23. The van der Waals surface area contributed by atoms with Crippen molar-refractivity contribution in [1.82, 2.24) is 14.8 Å². The highest BCUT2D eigenvalue weighted by atomic mass is 16.5. The second kappa shape index (κ2) is 6.22. The van der Waals surface area contributed by atoms with Crippen molar-refractivity contribution in [1.29, 1.82) is 0 Å². The van der Waals surface area contributed by atoms with E-state index in [1.54, 1.807) is 0 Å². The van der Waals surface area contributed by atoms with Crippen LogP contribution in [-0.2, 0) is 24.3 Å². The molecule has 0 atom stereocenters. The van der Waals surface area contributed by atoms with Crippen molar-refractivity contribution < 1.29 is 4.74 Å². The lowest BCUT2D eigenvalue weighted by atomic mass is 9.94. The molecule has 2 aliphatic rings. The molecule has 2 N–H and O–H groups in total. The quantitative estimate of drug-likeness (QED) is 0.857. The summed E-state index contributed by atoms with van der Waals surface area (Å²) in [5, 5.41) is 8.61. The SMILES string of the molecule is NCC1(OCc2nnc3n2CCCC3)CCCCCC1. The normalized spacial score (nSPS) is 22.2. The number of nitrogens with two attached hydrogens (primary N) is 1. The largest absolute Gasteiger partial charge is 0.366 e. The monoisotopic (exact) mass is 278 g/mol. The standard InChI is InChI=1S/C15H26N4O/c16-12-15(8-4-1-2-5-9-15)20-11-14-18-17-13-7-3-6-10-19(13)14/h1-12,16H2. The van der Waals surface area contributed by atoms with Crippen molar-refractivity contribution in [3.63, 3.8) is 0 Å². The van der Waals surface area contributed by atoms with Crippen LogP contribution in [0.4, 0.5) is 0 Å². The molecule has 1 aliphatic carbocycles. The van der Waals surface area contributed by atoms with E-state index in [9.17, 15) is 0 Å². The third-order valence-corrected chi connectivity index (χ3v) is 4.83. The third-order valence-electron chi connectivity index (χ3n) is 4.83. The van der Waals surface area contributed by atoms with Crippen LogP contribution in [0.15, 0.2) is 0 Å². The Morgan fingerprint density at radius 3 is 2.60 bits per heavy atom. The fourth-order valence-electron chi connectivity index (χ4n) is 3.47. The molecule has 1 fully saturated rings. The van der Waals surface area contributed by atoms with Crippen molar-refractivity contribution in [3.8, 4) is 0 Å². The molecule has 0 amide bonds. The summed E-state index contributed by atoms with van der Waals surface area (Å²) in [6.07, 6.45) is 10.8. The summed E-state index contributed by atoms with van der Waals surface area (Å²) in [4.78, 5) is 0. The molecular weight excluding hydrogens is 252 g/mol. The fraction of sp³-hybridized carbons (Fsp3) is 0.867. The maximum absolute atomic E-state index is 6.26. The molecule has 3 rings (SSSR count). The van der Waals surface area contributed by atoms with E-state index in [1.807, 2.05) is 0 Å². The zero-order valence-electron chi connectivity index (χ0n) is 12.3. The average molecular weight is 278 g/mol. The maximum atomic E-state index is 6.26. The van der Waals surface area contributed by atoms with E-state index in [4.69, 9.17) is 10.5 Å². The van der Waals surface area contributed by atoms with Gasteiger partial charge in [-0.25, -0.2) is 0 Å². The number of nitrogens with zero attached hydrogens (tertiary/aromatic N) is 3. The van der Waals surface area contributed by atoms with E-state index in [0.29, 0.717) is 13.2 Å². The molecule has 0 aromatic carbocycles. The second-order valence-electron chi connectivity index (χ2n) is 6.23. The Balaban J connectivity index is 1.66. The molecule has 0 saturated heterocycles. The molecule has 0 spiro atoms. The van der Waals surface area contributed by atoms with E-state index in [0.717, 1.165) is 37.5 Å². The lowest BCUT2D eigenvalue weighted by Crippen LogP contribution is -2.40. The van der Waals surface area contributed by atoms with Crippen molar-refractivity contribution in [2.24, 2.45) is 5.73 Å². The summed E-state index contributed by atoms with van der Waals surface area (Å²) in [5.41, 5.74) is 5.89. The minimum Gasteiger partial charge on any atom is -0.366 e. The topological polar surface area (TPSA) is 66.0 Å². The lowest BCUT2D eigenvalue weighted by molar-refractivity contribution is -0.0637. The van der Waals surface area contributed by atoms with Gasteiger partial charge in [0.1, 0.15) is 12.4 Å². The Morgan fingerprint density at radius 1 is 1.05 bits per heavy atom. The van der Waals surface area contributed by atoms with Crippen LogP contribution in [0.2, 0.25) is 0 Å². The number of hydrogen-bond acceptors (Lipinski definition) is 4. The molecule has 20 heavy (non-hydrogen) atoms. The Labute approximate surface area is 120 Å². The predicted octanol–water partition coefficient (Wildman–Crippen LogP) is 2.18. The highest BCUT2D eigenvalue weighted by Crippen LogP contribution is 2.30. The lowest BCUT2D eigenvalue weighted by Gasteiger charge is -2.31. The predicted molar refractivity (Wildman–Crippen MR) is 77.2 cm³/mol. The summed E-state index contributed by atoms with van der Waals surface area (Å²) in [7, 11) is 0. The van der Waals surface area contributed by atoms with Crippen LogP contribution >= 0.6 is 0 Å². The van der Waals surface area contributed by atoms with Crippen LogP contribution in [0.1, 0.15) is 63.0 Å². The highest BCUT2D eigenvalue weighted by molar-refractivity contribution is 4.98. The van der Waals surface area contributed by atoms with Crippen LogP contribution in [0.25, 0.3) is 0 Å². The summed E-state index contributed by atoms with van der Waals surface area (Å²) in [5.74, 6) is 2.11. The average Bonchev–Trinajstić information content (AvgIpc) is 2.76. The van der Waals surface area contributed by atoms with Gasteiger partial charge in [-0.05, 0) is 25.7 Å². The minimum absolute atomic E-state index is 0.127. The van der Waals surface area contributed by atoms with Crippen LogP contribution in [0.5, 0.6) is 0 Å². The van der Waals surface area contributed by atoms with E-state index < -0.39 is 0 Å². The Morgan fingerprint density at radius 2 is 1.85 bits per heavy atom. The van der Waals surface area contributed by atoms with Gasteiger partial charge in [0.25, 0.3) is 0 Å². The minimum atomic E-state index is -0.127. The van der Waals surface area contributed by atoms with Gasteiger partial charge in [-0.2, -0.15) is 0 Å². The Kier molecular flexibility index (Phi) is 4.36. The summed E-state index contributed by atoms with van der Waals surface area (Å²) >= 11 is 0. The molecule has 1 aromatic heterocycles. The number of fused-ring (bicyclic) bond motifs is 1. The summed E-state index contributed by atoms with van der Waals surface area (Å²) < 4.78 is 8.50. The number of aromatic nitrogens is 3. The number of rotatable bonds is 4. The van der Waals surface area contributed by atoms with Crippen molar-refractivity contribution >= 4 is 0 Å². The number of aryl methyl sites for hydroxylation is 1. The summed E-state index contributed by atoms with van der Waals surface area (Å²) in [6, 6.07) is 0. The first-order valence-corrected chi connectivity index (χ1v) is 8.08. The van der Waals surface area contributed by atoms with Gasteiger partial charge >= 0.3 is 0 Å². The van der Waals surface area contributed by atoms with Crippen LogP contribution in [0, 0.1) is 0 Å². The van der Waals surface area contributed by atoms with Gasteiger partial charge in [0, 0.05) is 19.5 Å². The Bertz CT molecular complexity index is 435. The highest BCUT2D eigenvalue weighted by Gasteiger charge is 2.31. The third kappa shape index (κ3) is 2.88. The van der Waals surface area contributed by atoms with Crippen LogP contribution < -0.4 is 5.73 Å². The molecule has 1 aromatic rings. The number of hydrogen-bond donors (Lipinski definition) is 1. The molecular formula is C15H26N4O. The zero-order valence-corrected chi connectivity index (χ0v) is 12.3. The molecule has 5 heteroatoms. The van der Waals surface area contributed by atoms with Gasteiger partial charge in [0.15, 0.2) is 5.82 Å². The van der Waals surface area contributed by atoms with Gasteiger partial charge in [-0.1, -0.05) is 25.7 Å². The molecule has 5 nitrogen and oxygen atoms in total. The molecule has 112 valence electrons. The Hall–Kier alpha value is -0.940. The molecule has 1 aliphatic heterocycles. The van der Waals surface area contributed by atoms with Gasteiger partial charge in [0.2, 0.25) is 0 Å². The van der Waals surface area contributed by atoms with E-state index in [-0.39, 0.29) is 5.60 Å². The molecule has 1 saturated carbocycles. The number of ether oxygens (including phenoxy) is 1. The van der Waals surface area contributed by atoms with Crippen molar-refractivity contribution in [2.75, 3.05) is 6.54 Å². The smallest absolute Gasteiger partial charge is 0.159 e. The van der Waals surface area contributed by atoms with E-state index >= 15 is 0 Å². The van der Waals surface area contributed by atoms with Gasteiger partial charge in [-0.15, -0.1) is 10.2 Å². The first-order chi connectivity index (χ1) is 9.83. The first kappa shape index (κ1) is 14.0. The first-order valence-electron chi connectivity index (χ1n) is 8.08. The molecule has 0 unspecified atom stereocenters. The maximum Gasteiger partial charge on any atom is 0.159 e. The van der Waals surface area contributed by atoms with Gasteiger partial charge in [-0.3, -0.25) is 0 Å². The van der Waals surface area contributed by atoms with Gasteiger partial charge < -0.3 is 15.0 Å². The van der Waals surface area contributed by atoms with Crippen molar-refractivity contribution in [2.45, 2.75) is 76.5 Å². The fourth-order valence-corrected chi connectivity index (χ4v) is 3.47. The van der Waals surface area contributed by atoms with Crippen molar-refractivity contribution in [3.05, 3.63) is 11.6 Å². The van der Waals surface area contributed by atoms with Gasteiger partial charge in [0.05, 0.1) is 5.60 Å². The van der Waals surface area contributed by atoms with E-state index in [1.165, 1.54) is 38.5 Å². The van der Waals surface area contributed by atoms with Crippen LogP contribution in [0.3, 0.4) is 0 Å².